The predicted octanol–water partition coefficient (Wildman–Crippen LogP) is 3.59. The fourth-order valence-corrected chi connectivity index (χ4v) is 2.37. The number of hydrogen-bond acceptors (Lipinski definition) is 2. The molecule has 0 atom stereocenters. The first-order chi connectivity index (χ1) is 9.81. The van der Waals surface area contributed by atoms with E-state index < -0.39 is 0 Å². The van der Waals surface area contributed by atoms with Crippen molar-refractivity contribution in [3.63, 3.8) is 0 Å². The van der Waals surface area contributed by atoms with Crippen molar-refractivity contribution in [3.8, 4) is 16.9 Å². The van der Waals surface area contributed by atoms with E-state index in [1.165, 1.54) is 0 Å². The second kappa shape index (κ2) is 5.21. The molecule has 20 heavy (non-hydrogen) atoms. The van der Waals surface area contributed by atoms with Gasteiger partial charge in [0, 0.05) is 5.39 Å². The smallest absolute Gasteiger partial charge is 0.260 e. The molecule has 0 unspecified atom stereocenters. The van der Waals surface area contributed by atoms with Gasteiger partial charge in [-0.3, -0.25) is 4.79 Å². The van der Waals surface area contributed by atoms with E-state index in [9.17, 15) is 4.79 Å². The number of H-pyrrole nitrogens is 1. The highest BCUT2D eigenvalue weighted by Crippen LogP contribution is 2.32. The van der Waals surface area contributed by atoms with Gasteiger partial charge in [0.15, 0.2) is 0 Å². The minimum Gasteiger partial charge on any atom is -0.492 e. The zero-order chi connectivity index (χ0) is 13.9. The molecule has 0 fully saturated rings. The third kappa shape index (κ3) is 2.07. The van der Waals surface area contributed by atoms with Crippen molar-refractivity contribution in [1.29, 1.82) is 0 Å². The Kier molecular flexibility index (Phi) is 3.25. The summed E-state index contributed by atoms with van der Waals surface area (Å²) >= 11 is 0. The van der Waals surface area contributed by atoms with Gasteiger partial charge in [0.25, 0.3) is 5.56 Å². The molecule has 1 heterocycles. The Morgan fingerprint density at radius 1 is 1.00 bits per heavy atom. The molecule has 0 radical (unpaired) electrons. The van der Waals surface area contributed by atoms with Crippen LogP contribution in [0.4, 0.5) is 0 Å². The second-order valence-electron chi connectivity index (χ2n) is 4.50. The molecule has 0 saturated heterocycles. The molecule has 3 aromatic rings. The average molecular weight is 265 g/mol. The third-order valence-electron chi connectivity index (χ3n) is 3.23. The molecule has 0 spiro atoms. The molecule has 2 aromatic carbocycles. The highest BCUT2D eigenvalue weighted by molar-refractivity contribution is 5.91. The van der Waals surface area contributed by atoms with Crippen molar-refractivity contribution in [2.24, 2.45) is 0 Å². The van der Waals surface area contributed by atoms with Crippen LogP contribution in [-0.4, -0.2) is 11.6 Å². The predicted molar refractivity (Wildman–Crippen MR) is 81.2 cm³/mol. The van der Waals surface area contributed by atoms with Gasteiger partial charge in [-0.2, -0.15) is 0 Å². The average Bonchev–Trinajstić information content (AvgIpc) is 2.48. The van der Waals surface area contributed by atoms with Crippen LogP contribution in [0.2, 0.25) is 0 Å². The van der Waals surface area contributed by atoms with Gasteiger partial charge >= 0.3 is 0 Å². The summed E-state index contributed by atoms with van der Waals surface area (Å²) < 4.78 is 5.77. The molecule has 0 aliphatic heterocycles. The summed E-state index contributed by atoms with van der Waals surface area (Å²) in [6.07, 6.45) is 0. The van der Waals surface area contributed by atoms with Crippen LogP contribution in [0.25, 0.3) is 22.0 Å². The zero-order valence-electron chi connectivity index (χ0n) is 11.2. The Labute approximate surface area is 116 Å². The third-order valence-corrected chi connectivity index (χ3v) is 3.23. The summed E-state index contributed by atoms with van der Waals surface area (Å²) in [5.41, 5.74) is 2.12. The van der Waals surface area contributed by atoms with E-state index in [4.69, 9.17) is 4.74 Å². The highest BCUT2D eigenvalue weighted by atomic mass is 16.5. The number of fused-ring (bicyclic) bond motifs is 1. The van der Waals surface area contributed by atoms with E-state index >= 15 is 0 Å². The monoisotopic (exact) mass is 265 g/mol. The number of para-hydroxylation sites is 1. The zero-order valence-corrected chi connectivity index (χ0v) is 11.2. The maximum atomic E-state index is 12.4. The largest absolute Gasteiger partial charge is 0.492 e. The lowest BCUT2D eigenvalue weighted by atomic mass is 10.0. The van der Waals surface area contributed by atoms with Gasteiger partial charge in [0.1, 0.15) is 5.75 Å². The molecule has 3 rings (SSSR count). The van der Waals surface area contributed by atoms with Crippen LogP contribution in [0.3, 0.4) is 0 Å². The lowest BCUT2D eigenvalue weighted by Crippen LogP contribution is -2.12. The molecule has 0 aliphatic rings. The lowest BCUT2D eigenvalue weighted by Gasteiger charge is -2.12. The van der Waals surface area contributed by atoms with Gasteiger partial charge in [-0.05, 0) is 24.6 Å². The van der Waals surface area contributed by atoms with E-state index in [-0.39, 0.29) is 5.56 Å². The molecular weight excluding hydrogens is 250 g/mol. The summed E-state index contributed by atoms with van der Waals surface area (Å²) in [7, 11) is 0. The number of aromatic amines is 1. The number of ether oxygens (including phenoxy) is 1. The standard InChI is InChI=1S/C17H15NO2/c1-2-20-16-13-10-6-7-11-14(13)18-17(19)15(16)12-8-4-3-5-9-12/h3-11H,2H2,1H3,(H,18,19). The van der Waals surface area contributed by atoms with Crippen LogP contribution >= 0.6 is 0 Å². The van der Waals surface area contributed by atoms with Crippen molar-refractivity contribution in [2.45, 2.75) is 6.92 Å². The summed E-state index contributed by atoms with van der Waals surface area (Å²) in [4.78, 5) is 15.3. The fourth-order valence-electron chi connectivity index (χ4n) is 2.37. The molecule has 3 heteroatoms. The van der Waals surface area contributed by atoms with Crippen molar-refractivity contribution >= 4 is 10.9 Å². The molecule has 3 nitrogen and oxygen atoms in total. The Morgan fingerprint density at radius 2 is 1.70 bits per heavy atom. The van der Waals surface area contributed by atoms with Crippen molar-refractivity contribution in [2.75, 3.05) is 6.61 Å². The van der Waals surface area contributed by atoms with Crippen LogP contribution in [-0.2, 0) is 0 Å². The molecule has 100 valence electrons. The van der Waals surface area contributed by atoms with Gasteiger partial charge in [-0.1, -0.05) is 42.5 Å². The first-order valence-corrected chi connectivity index (χ1v) is 6.64. The molecule has 0 saturated carbocycles. The molecule has 1 N–H and O–H groups in total. The number of rotatable bonds is 3. The van der Waals surface area contributed by atoms with Gasteiger partial charge in [-0.15, -0.1) is 0 Å². The summed E-state index contributed by atoms with van der Waals surface area (Å²) in [6, 6.07) is 17.3. The summed E-state index contributed by atoms with van der Waals surface area (Å²) in [5.74, 6) is 0.651. The van der Waals surface area contributed by atoms with Gasteiger partial charge in [-0.25, -0.2) is 0 Å². The Hall–Kier alpha value is -2.55. The number of aromatic nitrogens is 1. The van der Waals surface area contributed by atoms with Crippen molar-refractivity contribution in [1.82, 2.24) is 4.98 Å². The van der Waals surface area contributed by atoms with Gasteiger partial charge in [0.2, 0.25) is 0 Å². The van der Waals surface area contributed by atoms with E-state index in [1.54, 1.807) is 0 Å². The van der Waals surface area contributed by atoms with Gasteiger partial charge < -0.3 is 9.72 Å². The first-order valence-electron chi connectivity index (χ1n) is 6.64. The normalized spacial score (nSPS) is 10.7. The molecule has 1 aromatic heterocycles. The van der Waals surface area contributed by atoms with Crippen molar-refractivity contribution in [3.05, 3.63) is 65.0 Å². The highest BCUT2D eigenvalue weighted by Gasteiger charge is 2.15. The fraction of sp³-hybridized carbons (Fsp3) is 0.118. The summed E-state index contributed by atoms with van der Waals surface area (Å²) in [5, 5.41) is 0.924. The molecule has 0 bridgehead atoms. The Bertz CT molecular complexity index is 791. The summed E-state index contributed by atoms with van der Waals surface area (Å²) in [6.45, 7) is 2.44. The van der Waals surface area contributed by atoms with Crippen LogP contribution in [0.5, 0.6) is 5.75 Å². The van der Waals surface area contributed by atoms with Crippen LogP contribution in [0.15, 0.2) is 59.4 Å². The van der Waals surface area contributed by atoms with Crippen LogP contribution in [0, 0.1) is 0 Å². The number of nitrogens with one attached hydrogen (secondary N) is 1. The van der Waals surface area contributed by atoms with E-state index in [0.29, 0.717) is 17.9 Å². The van der Waals surface area contributed by atoms with Crippen LogP contribution < -0.4 is 10.3 Å². The van der Waals surface area contributed by atoms with Crippen LogP contribution in [0.1, 0.15) is 6.92 Å². The quantitative estimate of drug-likeness (QED) is 0.786. The molecule has 0 aliphatic carbocycles. The van der Waals surface area contributed by atoms with E-state index in [0.717, 1.165) is 16.5 Å². The first kappa shape index (κ1) is 12.5. The minimum atomic E-state index is -0.127. The Balaban J connectivity index is 2.38. The SMILES string of the molecule is CCOc1c(-c2ccccc2)c(=O)[nH]c2ccccc12. The van der Waals surface area contributed by atoms with E-state index in [1.807, 2.05) is 61.5 Å². The number of hydrogen-bond donors (Lipinski definition) is 1. The maximum absolute atomic E-state index is 12.4. The Morgan fingerprint density at radius 3 is 2.45 bits per heavy atom. The minimum absolute atomic E-state index is 0.127. The second-order valence-corrected chi connectivity index (χ2v) is 4.50. The molecule has 0 amide bonds. The lowest BCUT2D eigenvalue weighted by molar-refractivity contribution is 0.345. The van der Waals surface area contributed by atoms with Crippen molar-refractivity contribution < 1.29 is 4.74 Å². The topological polar surface area (TPSA) is 42.1 Å². The molecular formula is C17H15NO2. The van der Waals surface area contributed by atoms with Gasteiger partial charge in [0.05, 0.1) is 17.7 Å². The van der Waals surface area contributed by atoms with E-state index in [2.05, 4.69) is 4.98 Å². The maximum Gasteiger partial charge on any atom is 0.260 e. The number of pyridine rings is 1. The number of benzene rings is 2.